The molecule has 0 amide bonds. The van der Waals surface area contributed by atoms with Crippen molar-refractivity contribution >= 4 is 0 Å². The smallest absolute Gasteiger partial charge is 0.122 e. The van der Waals surface area contributed by atoms with Crippen LogP contribution in [0.4, 0.5) is 0 Å². The van der Waals surface area contributed by atoms with E-state index in [-0.39, 0.29) is 6.04 Å². The second kappa shape index (κ2) is 6.29. The average molecular weight is 261 g/mol. The minimum atomic E-state index is 0.159. The summed E-state index contributed by atoms with van der Waals surface area (Å²) in [6, 6.07) is 9.85. The molecule has 1 N–H and O–H groups in total. The van der Waals surface area contributed by atoms with Crippen LogP contribution in [-0.4, -0.2) is 14.2 Å². The van der Waals surface area contributed by atoms with Crippen LogP contribution in [0.2, 0.25) is 0 Å². The van der Waals surface area contributed by atoms with Crippen LogP contribution < -0.4 is 14.8 Å². The van der Waals surface area contributed by atoms with Crippen molar-refractivity contribution in [2.45, 2.75) is 19.5 Å². The van der Waals surface area contributed by atoms with Crippen molar-refractivity contribution in [1.29, 1.82) is 0 Å². The number of methoxy groups -OCH3 is 2. The summed E-state index contributed by atoms with van der Waals surface area (Å²) >= 11 is 0. The largest absolute Gasteiger partial charge is 0.497 e. The Morgan fingerprint density at radius 3 is 2.37 bits per heavy atom. The van der Waals surface area contributed by atoms with Crippen molar-refractivity contribution in [2.24, 2.45) is 0 Å². The third kappa shape index (κ3) is 3.51. The quantitative estimate of drug-likeness (QED) is 0.867. The summed E-state index contributed by atoms with van der Waals surface area (Å²) in [5, 5.41) is 3.40. The van der Waals surface area contributed by atoms with Gasteiger partial charge >= 0.3 is 0 Å². The van der Waals surface area contributed by atoms with Crippen LogP contribution in [0, 0.1) is 0 Å². The zero-order valence-corrected chi connectivity index (χ0v) is 11.5. The number of furan rings is 1. The van der Waals surface area contributed by atoms with E-state index < -0.39 is 0 Å². The van der Waals surface area contributed by atoms with Crippen molar-refractivity contribution in [2.75, 3.05) is 14.2 Å². The van der Waals surface area contributed by atoms with Crippen LogP contribution in [0.3, 0.4) is 0 Å². The molecule has 4 nitrogen and oxygen atoms in total. The SMILES string of the molecule is COc1cc(CN[C@@H](C)c2ccco2)cc(OC)c1. The third-order valence-corrected chi connectivity index (χ3v) is 2.99. The highest BCUT2D eigenvalue weighted by atomic mass is 16.5. The van der Waals surface area contributed by atoms with Crippen molar-refractivity contribution in [1.82, 2.24) is 5.32 Å². The zero-order chi connectivity index (χ0) is 13.7. The lowest BCUT2D eigenvalue weighted by Gasteiger charge is -2.13. The van der Waals surface area contributed by atoms with E-state index in [4.69, 9.17) is 13.9 Å². The van der Waals surface area contributed by atoms with Gasteiger partial charge in [0.1, 0.15) is 17.3 Å². The summed E-state index contributed by atoms with van der Waals surface area (Å²) in [5.74, 6) is 2.51. The van der Waals surface area contributed by atoms with Gasteiger partial charge in [-0.2, -0.15) is 0 Å². The number of hydrogen-bond acceptors (Lipinski definition) is 4. The molecule has 102 valence electrons. The fourth-order valence-corrected chi connectivity index (χ4v) is 1.88. The molecular formula is C15H19NO3. The Bertz CT molecular complexity index is 486. The molecule has 1 heterocycles. The molecule has 2 rings (SSSR count). The maximum absolute atomic E-state index is 5.36. The number of ether oxygens (including phenoxy) is 2. The molecule has 0 unspecified atom stereocenters. The summed E-state index contributed by atoms with van der Waals surface area (Å²) in [4.78, 5) is 0. The monoisotopic (exact) mass is 261 g/mol. The van der Waals surface area contributed by atoms with Crippen molar-refractivity contribution < 1.29 is 13.9 Å². The molecule has 0 fully saturated rings. The fourth-order valence-electron chi connectivity index (χ4n) is 1.88. The van der Waals surface area contributed by atoms with Gasteiger partial charge in [0.05, 0.1) is 26.5 Å². The van der Waals surface area contributed by atoms with E-state index >= 15 is 0 Å². The van der Waals surface area contributed by atoms with Crippen LogP contribution in [0.5, 0.6) is 11.5 Å². The molecule has 0 aliphatic rings. The number of hydrogen-bond donors (Lipinski definition) is 1. The van der Waals surface area contributed by atoms with Gasteiger partial charge in [-0.1, -0.05) is 0 Å². The van der Waals surface area contributed by atoms with E-state index in [2.05, 4.69) is 12.2 Å². The summed E-state index contributed by atoms with van der Waals surface area (Å²) in [7, 11) is 3.30. The van der Waals surface area contributed by atoms with Gasteiger partial charge in [-0.3, -0.25) is 0 Å². The van der Waals surface area contributed by atoms with E-state index in [9.17, 15) is 0 Å². The van der Waals surface area contributed by atoms with E-state index in [0.717, 1.165) is 29.4 Å². The van der Waals surface area contributed by atoms with Gasteiger partial charge in [-0.05, 0) is 36.8 Å². The molecule has 0 spiro atoms. The molecule has 1 aromatic heterocycles. The first-order chi connectivity index (χ1) is 9.22. The summed E-state index contributed by atoms with van der Waals surface area (Å²) in [6.45, 7) is 2.78. The van der Waals surface area contributed by atoms with Crippen LogP contribution in [0.1, 0.15) is 24.3 Å². The fraction of sp³-hybridized carbons (Fsp3) is 0.333. The molecule has 0 aliphatic heterocycles. The van der Waals surface area contributed by atoms with Crippen LogP contribution in [0.15, 0.2) is 41.0 Å². The number of rotatable bonds is 6. The first-order valence-corrected chi connectivity index (χ1v) is 6.21. The van der Waals surface area contributed by atoms with E-state index in [1.54, 1.807) is 20.5 Å². The number of nitrogens with one attached hydrogen (secondary N) is 1. The summed E-state index contributed by atoms with van der Waals surface area (Å²) in [5.41, 5.74) is 1.11. The Labute approximate surface area is 113 Å². The van der Waals surface area contributed by atoms with Gasteiger partial charge in [0.25, 0.3) is 0 Å². The zero-order valence-electron chi connectivity index (χ0n) is 11.5. The van der Waals surface area contributed by atoms with Crippen LogP contribution >= 0.6 is 0 Å². The van der Waals surface area contributed by atoms with Gasteiger partial charge in [0.15, 0.2) is 0 Å². The highest BCUT2D eigenvalue weighted by Gasteiger charge is 2.08. The molecular weight excluding hydrogens is 242 g/mol. The molecule has 2 aromatic rings. The number of benzene rings is 1. The van der Waals surface area contributed by atoms with Gasteiger partial charge in [-0.25, -0.2) is 0 Å². The van der Waals surface area contributed by atoms with Gasteiger partial charge in [0.2, 0.25) is 0 Å². The maximum Gasteiger partial charge on any atom is 0.122 e. The summed E-state index contributed by atoms with van der Waals surface area (Å²) < 4.78 is 15.9. The Morgan fingerprint density at radius 2 is 1.84 bits per heavy atom. The molecule has 0 aliphatic carbocycles. The van der Waals surface area contributed by atoms with Crippen molar-refractivity contribution in [3.63, 3.8) is 0 Å². The topological polar surface area (TPSA) is 43.6 Å². The van der Waals surface area contributed by atoms with Crippen molar-refractivity contribution in [3.8, 4) is 11.5 Å². The Morgan fingerprint density at radius 1 is 1.16 bits per heavy atom. The average Bonchev–Trinajstić information content (AvgIpc) is 2.98. The first kappa shape index (κ1) is 13.5. The predicted molar refractivity (Wildman–Crippen MR) is 73.5 cm³/mol. The molecule has 4 heteroatoms. The van der Waals surface area contributed by atoms with E-state index in [1.165, 1.54) is 0 Å². The van der Waals surface area contributed by atoms with Gasteiger partial charge in [0, 0.05) is 12.6 Å². The predicted octanol–water partition coefficient (Wildman–Crippen LogP) is 3.15. The molecule has 0 saturated heterocycles. The summed E-state index contributed by atoms with van der Waals surface area (Å²) in [6.07, 6.45) is 1.68. The highest BCUT2D eigenvalue weighted by molar-refractivity contribution is 5.38. The lowest BCUT2D eigenvalue weighted by Crippen LogP contribution is -2.17. The maximum atomic E-state index is 5.36. The molecule has 0 radical (unpaired) electrons. The van der Waals surface area contributed by atoms with Crippen LogP contribution in [-0.2, 0) is 6.54 Å². The van der Waals surface area contributed by atoms with Crippen LogP contribution in [0.25, 0.3) is 0 Å². The molecule has 0 saturated carbocycles. The molecule has 1 aromatic carbocycles. The van der Waals surface area contributed by atoms with Gasteiger partial charge < -0.3 is 19.2 Å². The Balaban J connectivity index is 2.02. The first-order valence-electron chi connectivity index (χ1n) is 6.21. The van der Waals surface area contributed by atoms with Gasteiger partial charge in [-0.15, -0.1) is 0 Å². The van der Waals surface area contributed by atoms with E-state index in [1.807, 2.05) is 30.3 Å². The lowest BCUT2D eigenvalue weighted by atomic mass is 10.1. The lowest BCUT2D eigenvalue weighted by molar-refractivity contribution is 0.392. The minimum absolute atomic E-state index is 0.159. The molecule has 19 heavy (non-hydrogen) atoms. The standard InChI is InChI=1S/C15H19NO3/c1-11(15-5-4-6-19-15)16-10-12-7-13(17-2)9-14(8-12)18-3/h4-9,11,16H,10H2,1-3H3/t11-/m0/s1. The molecule has 1 atom stereocenters. The normalized spacial score (nSPS) is 12.2. The highest BCUT2D eigenvalue weighted by Crippen LogP contribution is 2.23. The minimum Gasteiger partial charge on any atom is -0.497 e. The third-order valence-electron chi connectivity index (χ3n) is 2.99. The second-order valence-corrected chi connectivity index (χ2v) is 4.34. The Hall–Kier alpha value is -1.94. The van der Waals surface area contributed by atoms with E-state index in [0.29, 0.717) is 0 Å². The van der Waals surface area contributed by atoms with Crippen molar-refractivity contribution in [3.05, 3.63) is 47.9 Å². The second-order valence-electron chi connectivity index (χ2n) is 4.34. The Kier molecular flexibility index (Phi) is 4.47. The molecule has 0 bridgehead atoms.